The van der Waals surface area contributed by atoms with E-state index in [0.29, 0.717) is 26.3 Å². The van der Waals surface area contributed by atoms with Crippen LogP contribution in [-0.4, -0.2) is 20.4 Å². The van der Waals surface area contributed by atoms with E-state index in [4.69, 9.17) is 0 Å². The molecule has 4 aromatic rings. The highest BCUT2D eigenvalue weighted by Crippen LogP contribution is 2.29. The van der Waals surface area contributed by atoms with Crippen LogP contribution in [0.1, 0.15) is 20.8 Å². The maximum Gasteiger partial charge on any atom is 0.266 e. The molecule has 0 aliphatic rings. The summed E-state index contributed by atoms with van der Waals surface area (Å²) in [5.74, 6) is -0.249. The number of nitrogens with one attached hydrogen (secondary N) is 1. The van der Waals surface area contributed by atoms with Gasteiger partial charge in [0.2, 0.25) is 0 Å². The molecule has 0 saturated heterocycles. The zero-order chi connectivity index (χ0) is 18.4. The van der Waals surface area contributed by atoms with Crippen LogP contribution in [0.25, 0.3) is 21.1 Å². The van der Waals surface area contributed by atoms with Gasteiger partial charge in [-0.3, -0.25) is 14.6 Å². The molecule has 4 rings (SSSR count). The summed E-state index contributed by atoms with van der Waals surface area (Å²) in [6.07, 6.45) is 3.21. The number of rotatable bonds is 2. The van der Waals surface area contributed by atoms with Crippen molar-refractivity contribution < 1.29 is 4.79 Å². The van der Waals surface area contributed by atoms with Gasteiger partial charge in [-0.05, 0) is 43.2 Å². The summed E-state index contributed by atoms with van der Waals surface area (Å²) in [6, 6.07) is 7.58. The third kappa shape index (κ3) is 2.48. The first-order valence-electron chi connectivity index (χ1n) is 8.08. The van der Waals surface area contributed by atoms with Crippen LogP contribution in [0.15, 0.2) is 41.6 Å². The van der Waals surface area contributed by atoms with Gasteiger partial charge in [-0.15, -0.1) is 11.3 Å². The number of thiophene rings is 1. The van der Waals surface area contributed by atoms with E-state index < -0.39 is 0 Å². The summed E-state index contributed by atoms with van der Waals surface area (Å²) in [7, 11) is 1.65. The lowest BCUT2D eigenvalue weighted by Crippen LogP contribution is -2.17. The number of fused-ring (bicyclic) bond motifs is 2. The highest BCUT2D eigenvalue weighted by atomic mass is 32.1. The average Bonchev–Trinajstić information content (AvgIpc) is 2.98. The third-order valence-corrected chi connectivity index (χ3v) is 5.64. The number of aromatic nitrogens is 3. The molecule has 130 valence electrons. The van der Waals surface area contributed by atoms with E-state index in [0.717, 1.165) is 16.5 Å². The van der Waals surface area contributed by atoms with Crippen molar-refractivity contribution in [2.45, 2.75) is 13.8 Å². The smallest absolute Gasteiger partial charge is 0.266 e. The molecule has 1 aromatic carbocycles. The zero-order valence-electron chi connectivity index (χ0n) is 14.5. The summed E-state index contributed by atoms with van der Waals surface area (Å²) in [5, 5.41) is 4.34. The molecule has 0 spiro atoms. The van der Waals surface area contributed by atoms with Gasteiger partial charge in [0.05, 0.1) is 27.8 Å². The largest absolute Gasteiger partial charge is 0.321 e. The van der Waals surface area contributed by atoms with Crippen molar-refractivity contribution in [2.24, 2.45) is 7.05 Å². The summed E-state index contributed by atoms with van der Waals surface area (Å²) < 4.78 is 1.42. The monoisotopic (exact) mass is 364 g/mol. The van der Waals surface area contributed by atoms with E-state index >= 15 is 0 Å². The first-order valence-corrected chi connectivity index (χ1v) is 8.89. The number of carbonyl (C=O) groups is 1. The molecule has 6 nitrogen and oxygen atoms in total. The Morgan fingerprint density at radius 1 is 1.19 bits per heavy atom. The van der Waals surface area contributed by atoms with Gasteiger partial charge < -0.3 is 9.88 Å². The highest BCUT2D eigenvalue weighted by Gasteiger charge is 2.19. The van der Waals surface area contributed by atoms with Crippen molar-refractivity contribution >= 4 is 44.1 Å². The van der Waals surface area contributed by atoms with Gasteiger partial charge in [0, 0.05) is 18.6 Å². The molecule has 0 bridgehead atoms. The van der Waals surface area contributed by atoms with Crippen LogP contribution in [0.5, 0.6) is 0 Å². The van der Waals surface area contributed by atoms with Crippen molar-refractivity contribution in [3.63, 3.8) is 0 Å². The van der Waals surface area contributed by atoms with Crippen LogP contribution in [0.4, 0.5) is 5.69 Å². The molecule has 7 heteroatoms. The Bertz CT molecular complexity index is 1240. The Morgan fingerprint density at radius 3 is 2.81 bits per heavy atom. The Morgan fingerprint density at radius 2 is 2.00 bits per heavy atom. The number of nitrogens with zero attached hydrogens (tertiary/aromatic N) is 3. The number of hydrogen-bond acceptors (Lipinski definition) is 5. The number of benzene rings is 1. The van der Waals surface area contributed by atoms with E-state index in [2.05, 4.69) is 15.3 Å². The van der Waals surface area contributed by atoms with Gasteiger partial charge in [-0.25, -0.2) is 4.98 Å². The van der Waals surface area contributed by atoms with Gasteiger partial charge in [-0.1, -0.05) is 6.07 Å². The molecule has 1 N–H and O–H groups in total. The number of aryl methyl sites for hydroxylation is 3. The summed E-state index contributed by atoms with van der Waals surface area (Å²) in [6.45, 7) is 3.77. The molecule has 0 unspecified atom stereocenters. The fourth-order valence-electron chi connectivity index (χ4n) is 3.03. The zero-order valence-corrected chi connectivity index (χ0v) is 15.3. The summed E-state index contributed by atoms with van der Waals surface area (Å²) >= 11 is 1.23. The second kappa shape index (κ2) is 6.03. The SMILES string of the molecule is Cc1ccc(NC(=O)c2sc3ncn(C)c(=O)c3c2C)c2cccnc12. The molecular formula is C19H16N4O2S. The molecule has 0 radical (unpaired) electrons. The molecule has 3 aromatic heterocycles. The van der Waals surface area contributed by atoms with Gasteiger partial charge in [0.1, 0.15) is 4.83 Å². The van der Waals surface area contributed by atoms with E-state index in [1.165, 1.54) is 22.2 Å². The topological polar surface area (TPSA) is 76.9 Å². The van der Waals surface area contributed by atoms with Crippen LogP contribution >= 0.6 is 11.3 Å². The van der Waals surface area contributed by atoms with E-state index in [1.54, 1.807) is 20.2 Å². The maximum absolute atomic E-state index is 12.9. The molecule has 3 heterocycles. The van der Waals surface area contributed by atoms with Crippen LogP contribution < -0.4 is 10.9 Å². The molecule has 0 aliphatic heterocycles. The standard InChI is InChI=1S/C19H16N4O2S/c1-10-6-7-13(12-5-4-8-20-15(10)12)22-17(24)16-11(2)14-18(26-16)21-9-23(3)19(14)25/h4-9H,1-3H3,(H,22,24). The summed E-state index contributed by atoms with van der Waals surface area (Å²) in [4.78, 5) is 34.9. The average molecular weight is 364 g/mol. The highest BCUT2D eigenvalue weighted by molar-refractivity contribution is 7.20. The van der Waals surface area contributed by atoms with Crippen molar-refractivity contribution in [3.8, 4) is 0 Å². The number of pyridine rings is 1. The van der Waals surface area contributed by atoms with E-state index in [1.807, 2.05) is 31.2 Å². The van der Waals surface area contributed by atoms with E-state index in [9.17, 15) is 9.59 Å². The van der Waals surface area contributed by atoms with Crippen molar-refractivity contribution in [1.29, 1.82) is 0 Å². The minimum atomic E-state index is -0.249. The number of carbonyl (C=O) groups excluding carboxylic acids is 1. The van der Waals surface area contributed by atoms with Crippen LogP contribution in [0, 0.1) is 13.8 Å². The predicted octanol–water partition coefficient (Wildman–Crippen LogP) is 3.41. The predicted molar refractivity (Wildman–Crippen MR) is 104 cm³/mol. The fourth-order valence-corrected chi connectivity index (χ4v) is 4.06. The molecule has 0 aliphatic carbocycles. The molecule has 26 heavy (non-hydrogen) atoms. The van der Waals surface area contributed by atoms with Gasteiger partial charge >= 0.3 is 0 Å². The Kier molecular flexibility index (Phi) is 3.81. The minimum Gasteiger partial charge on any atom is -0.321 e. The van der Waals surface area contributed by atoms with Crippen LogP contribution in [-0.2, 0) is 7.05 Å². The quantitative estimate of drug-likeness (QED) is 0.591. The molecule has 1 amide bonds. The van der Waals surface area contributed by atoms with E-state index in [-0.39, 0.29) is 11.5 Å². The second-order valence-corrected chi connectivity index (χ2v) is 7.18. The van der Waals surface area contributed by atoms with Crippen molar-refractivity contribution in [3.05, 3.63) is 63.1 Å². The van der Waals surface area contributed by atoms with Crippen molar-refractivity contribution in [2.75, 3.05) is 5.32 Å². The van der Waals surface area contributed by atoms with Gasteiger partial charge in [0.25, 0.3) is 11.5 Å². The van der Waals surface area contributed by atoms with Crippen LogP contribution in [0.3, 0.4) is 0 Å². The second-order valence-electron chi connectivity index (χ2n) is 6.18. The van der Waals surface area contributed by atoms with Gasteiger partial charge in [-0.2, -0.15) is 0 Å². The molecule has 0 atom stereocenters. The normalized spacial score (nSPS) is 11.2. The molecule has 0 saturated carbocycles. The van der Waals surface area contributed by atoms with Crippen molar-refractivity contribution in [1.82, 2.24) is 14.5 Å². The lowest BCUT2D eigenvalue weighted by Gasteiger charge is -2.09. The summed E-state index contributed by atoms with van der Waals surface area (Å²) in [5.41, 5.74) is 3.11. The Hall–Kier alpha value is -3.06. The van der Waals surface area contributed by atoms with Crippen LogP contribution in [0.2, 0.25) is 0 Å². The fraction of sp³-hybridized carbons (Fsp3) is 0.158. The first-order chi connectivity index (χ1) is 12.5. The lowest BCUT2D eigenvalue weighted by molar-refractivity contribution is 0.103. The first kappa shape index (κ1) is 16.4. The molecular weight excluding hydrogens is 348 g/mol. The number of amides is 1. The lowest BCUT2D eigenvalue weighted by atomic mass is 10.1. The maximum atomic E-state index is 12.9. The third-order valence-electron chi connectivity index (χ3n) is 4.44. The molecule has 0 fully saturated rings. The van der Waals surface area contributed by atoms with Gasteiger partial charge in [0.15, 0.2) is 0 Å². The number of hydrogen-bond donors (Lipinski definition) is 1. The Labute approximate surface area is 153 Å². The Balaban J connectivity index is 1.80. The minimum absolute atomic E-state index is 0.146. The number of anilines is 1.